The molecule has 1 heterocycles. The lowest BCUT2D eigenvalue weighted by molar-refractivity contribution is -0.384. The van der Waals surface area contributed by atoms with E-state index in [9.17, 15) is 10.1 Å². The third-order valence-electron chi connectivity index (χ3n) is 2.93. The summed E-state index contributed by atoms with van der Waals surface area (Å²) in [7, 11) is 1.88. The molecular formula is C13H15N5O2S. The molecule has 0 fully saturated rings. The predicted molar refractivity (Wildman–Crippen MR) is 84.1 cm³/mol. The smallest absolute Gasteiger partial charge is 0.269 e. The van der Waals surface area contributed by atoms with Crippen LogP contribution in [0.1, 0.15) is 11.4 Å². The van der Waals surface area contributed by atoms with Gasteiger partial charge in [0.05, 0.1) is 17.2 Å². The Morgan fingerprint density at radius 2 is 2.10 bits per heavy atom. The summed E-state index contributed by atoms with van der Waals surface area (Å²) in [4.78, 5) is 10.1. The summed E-state index contributed by atoms with van der Waals surface area (Å²) in [5.74, 6) is 0. The van der Waals surface area contributed by atoms with Crippen molar-refractivity contribution in [3.8, 4) is 0 Å². The van der Waals surface area contributed by atoms with Crippen LogP contribution >= 0.6 is 12.2 Å². The van der Waals surface area contributed by atoms with Crippen molar-refractivity contribution in [2.24, 2.45) is 7.05 Å². The molecule has 2 N–H and O–H groups in total. The lowest BCUT2D eigenvalue weighted by Crippen LogP contribution is -2.28. The number of nitrogens with one attached hydrogen (secondary N) is 2. The number of rotatable bonds is 4. The Morgan fingerprint density at radius 1 is 1.43 bits per heavy atom. The molecule has 0 saturated heterocycles. The summed E-state index contributed by atoms with van der Waals surface area (Å²) < 4.78 is 1.80. The first-order valence-electron chi connectivity index (χ1n) is 6.24. The van der Waals surface area contributed by atoms with Crippen LogP contribution in [0, 0.1) is 17.0 Å². The van der Waals surface area contributed by atoms with Crippen molar-refractivity contribution >= 4 is 28.7 Å². The van der Waals surface area contributed by atoms with Crippen molar-refractivity contribution in [3.63, 3.8) is 0 Å². The molecule has 7 nitrogen and oxygen atoms in total. The third-order valence-corrected chi connectivity index (χ3v) is 3.18. The molecule has 0 radical (unpaired) electrons. The van der Waals surface area contributed by atoms with Gasteiger partial charge in [0.25, 0.3) is 5.69 Å². The van der Waals surface area contributed by atoms with Crippen LogP contribution in [0.4, 0.5) is 11.4 Å². The van der Waals surface area contributed by atoms with Crippen LogP contribution in [0.3, 0.4) is 0 Å². The highest BCUT2D eigenvalue weighted by Gasteiger charge is 2.05. The number of hydrogen-bond acceptors (Lipinski definition) is 4. The van der Waals surface area contributed by atoms with Gasteiger partial charge in [-0.25, -0.2) is 0 Å². The molecule has 21 heavy (non-hydrogen) atoms. The van der Waals surface area contributed by atoms with Gasteiger partial charge in [-0.15, -0.1) is 0 Å². The number of nitrogens with zero attached hydrogens (tertiary/aromatic N) is 3. The van der Waals surface area contributed by atoms with Gasteiger partial charge in [0.15, 0.2) is 5.11 Å². The van der Waals surface area contributed by atoms with Gasteiger partial charge in [-0.05, 0) is 37.3 Å². The molecular weight excluding hydrogens is 290 g/mol. The molecule has 0 bridgehead atoms. The van der Waals surface area contributed by atoms with Gasteiger partial charge in [0.2, 0.25) is 0 Å². The topological polar surface area (TPSA) is 85.0 Å². The van der Waals surface area contributed by atoms with Gasteiger partial charge in [-0.1, -0.05) is 0 Å². The first-order valence-corrected chi connectivity index (χ1v) is 6.65. The van der Waals surface area contributed by atoms with Gasteiger partial charge in [0.1, 0.15) is 0 Å². The molecule has 1 aromatic carbocycles. The average Bonchev–Trinajstić information content (AvgIpc) is 2.76. The molecule has 8 heteroatoms. The molecule has 0 aliphatic rings. The lowest BCUT2D eigenvalue weighted by atomic mass is 10.3. The van der Waals surface area contributed by atoms with E-state index in [0.29, 0.717) is 17.3 Å². The maximum atomic E-state index is 10.6. The monoisotopic (exact) mass is 305 g/mol. The summed E-state index contributed by atoms with van der Waals surface area (Å²) in [5, 5.41) is 21.3. The van der Waals surface area contributed by atoms with Gasteiger partial charge >= 0.3 is 0 Å². The quantitative estimate of drug-likeness (QED) is 0.511. The van der Waals surface area contributed by atoms with E-state index in [1.807, 2.05) is 20.0 Å². The molecule has 0 aliphatic carbocycles. The molecule has 1 aromatic heterocycles. The standard InChI is InChI=1S/C13H15N5O2S/c1-9-7-11(16-17(9)2)8-14-13(21)15-10-3-5-12(6-4-10)18(19)20/h3-7H,8H2,1-2H3,(H2,14,15,21). The van der Waals surface area contributed by atoms with E-state index in [-0.39, 0.29) is 5.69 Å². The second-order valence-corrected chi connectivity index (χ2v) is 4.92. The Bertz CT molecular complexity index is 646. The Morgan fingerprint density at radius 3 is 2.62 bits per heavy atom. The summed E-state index contributed by atoms with van der Waals surface area (Å²) in [5.41, 5.74) is 2.70. The van der Waals surface area contributed by atoms with Crippen LogP contribution in [-0.2, 0) is 13.6 Å². The predicted octanol–water partition coefficient (Wildman–Crippen LogP) is 2.12. The van der Waals surface area contributed by atoms with Gasteiger partial charge in [-0.3, -0.25) is 14.8 Å². The highest BCUT2D eigenvalue weighted by molar-refractivity contribution is 7.80. The fraction of sp³-hybridized carbons (Fsp3) is 0.231. The number of nitro benzene ring substituents is 1. The van der Waals surface area contributed by atoms with Gasteiger partial charge in [-0.2, -0.15) is 5.10 Å². The number of anilines is 1. The summed E-state index contributed by atoms with van der Waals surface area (Å²) in [6.07, 6.45) is 0. The first kappa shape index (κ1) is 14.9. The third kappa shape index (κ3) is 3.99. The van der Waals surface area contributed by atoms with Crippen molar-refractivity contribution in [2.75, 3.05) is 5.32 Å². The molecule has 2 aromatic rings. The molecule has 0 atom stereocenters. The number of aromatic nitrogens is 2. The van der Waals surface area contributed by atoms with Crippen LogP contribution in [0.2, 0.25) is 0 Å². The van der Waals surface area contributed by atoms with Crippen LogP contribution < -0.4 is 10.6 Å². The zero-order valence-electron chi connectivity index (χ0n) is 11.7. The molecule has 110 valence electrons. The second kappa shape index (κ2) is 6.31. The van der Waals surface area contributed by atoms with E-state index >= 15 is 0 Å². The number of benzene rings is 1. The van der Waals surface area contributed by atoms with Crippen molar-refractivity contribution in [1.82, 2.24) is 15.1 Å². The fourth-order valence-electron chi connectivity index (χ4n) is 1.73. The van der Waals surface area contributed by atoms with Crippen LogP contribution in [0.5, 0.6) is 0 Å². The van der Waals surface area contributed by atoms with E-state index in [1.165, 1.54) is 12.1 Å². The molecule has 2 rings (SSSR count). The lowest BCUT2D eigenvalue weighted by Gasteiger charge is -2.09. The largest absolute Gasteiger partial charge is 0.357 e. The Hall–Kier alpha value is -2.48. The normalized spacial score (nSPS) is 10.2. The fourth-order valence-corrected chi connectivity index (χ4v) is 1.92. The van der Waals surface area contributed by atoms with E-state index in [1.54, 1.807) is 16.8 Å². The van der Waals surface area contributed by atoms with Crippen molar-refractivity contribution in [3.05, 3.63) is 51.8 Å². The highest BCUT2D eigenvalue weighted by atomic mass is 32.1. The minimum absolute atomic E-state index is 0.0448. The Balaban J connectivity index is 1.88. The zero-order chi connectivity index (χ0) is 15.4. The van der Waals surface area contributed by atoms with Gasteiger partial charge in [0, 0.05) is 30.6 Å². The molecule has 0 aliphatic heterocycles. The maximum Gasteiger partial charge on any atom is 0.269 e. The van der Waals surface area contributed by atoms with Crippen LogP contribution in [0.25, 0.3) is 0 Å². The number of thiocarbonyl (C=S) groups is 1. The van der Waals surface area contributed by atoms with E-state index in [4.69, 9.17) is 12.2 Å². The van der Waals surface area contributed by atoms with E-state index in [0.717, 1.165) is 11.4 Å². The zero-order valence-corrected chi connectivity index (χ0v) is 12.5. The van der Waals surface area contributed by atoms with Crippen molar-refractivity contribution in [1.29, 1.82) is 0 Å². The molecule has 0 spiro atoms. The highest BCUT2D eigenvalue weighted by Crippen LogP contribution is 2.15. The van der Waals surface area contributed by atoms with Crippen LogP contribution in [-0.4, -0.2) is 19.8 Å². The minimum atomic E-state index is -0.441. The SMILES string of the molecule is Cc1cc(CNC(=S)Nc2ccc([N+](=O)[O-])cc2)nn1C. The number of non-ortho nitro benzene ring substituents is 1. The summed E-state index contributed by atoms with van der Waals surface area (Å²) >= 11 is 5.17. The second-order valence-electron chi connectivity index (χ2n) is 4.51. The molecule has 0 unspecified atom stereocenters. The first-order chi connectivity index (χ1) is 9.95. The van der Waals surface area contributed by atoms with Crippen LogP contribution in [0.15, 0.2) is 30.3 Å². The number of nitro groups is 1. The van der Waals surface area contributed by atoms with E-state index in [2.05, 4.69) is 15.7 Å². The van der Waals surface area contributed by atoms with Gasteiger partial charge < -0.3 is 10.6 Å². The summed E-state index contributed by atoms with van der Waals surface area (Å²) in [6, 6.07) is 8.04. The number of aryl methyl sites for hydroxylation is 2. The summed E-state index contributed by atoms with van der Waals surface area (Å²) in [6.45, 7) is 2.49. The Kier molecular flexibility index (Phi) is 4.49. The maximum absolute atomic E-state index is 10.6. The minimum Gasteiger partial charge on any atom is -0.357 e. The van der Waals surface area contributed by atoms with E-state index < -0.39 is 4.92 Å². The molecule has 0 saturated carbocycles. The van der Waals surface area contributed by atoms with Crippen molar-refractivity contribution in [2.45, 2.75) is 13.5 Å². The average molecular weight is 305 g/mol. The Labute approximate surface area is 127 Å². The number of hydrogen-bond donors (Lipinski definition) is 2. The molecule has 0 amide bonds. The van der Waals surface area contributed by atoms with Crippen molar-refractivity contribution < 1.29 is 4.92 Å².